The molecular formula is C26H36ClFO3Si. The van der Waals surface area contributed by atoms with E-state index in [9.17, 15) is 0 Å². The van der Waals surface area contributed by atoms with Crippen molar-refractivity contribution in [2.75, 3.05) is 19.8 Å². The molecule has 0 amide bonds. The normalized spacial score (nSPS) is 22.7. The number of ether oxygens (including phenoxy) is 2. The lowest BCUT2D eigenvalue weighted by atomic mass is 10.1. The highest BCUT2D eigenvalue weighted by molar-refractivity contribution is 6.74. The third-order valence-corrected chi connectivity index (χ3v) is 12.2. The van der Waals surface area contributed by atoms with E-state index < -0.39 is 24.8 Å². The van der Waals surface area contributed by atoms with Crippen LogP contribution in [0.4, 0.5) is 4.39 Å². The Labute approximate surface area is 198 Å². The fourth-order valence-electron chi connectivity index (χ4n) is 3.65. The van der Waals surface area contributed by atoms with Crippen molar-refractivity contribution < 1.29 is 18.3 Å². The number of hydrogen-bond donors (Lipinski definition) is 0. The molecule has 3 rings (SSSR count). The molecule has 0 N–H and O–H groups in total. The summed E-state index contributed by atoms with van der Waals surface area (Å²) in [6.07, 6.45) is 0. The van der Waals surface area contributed by atoms with Crippen LogP contribution in [-0.2, 0) is 27.1 Å². The highest BCUT2D eigenvalue weighted by Crippen LogP contribution is 2.68. The Morgan fingerprint density at radius 1 is 0.875 bits per heavy atom. The number of hydrogen-bond acceptors (Lipinski definition) is 3. The molecule has 2 atom stereocenters. The summed E-state index contributed by atoms with van der Waals surface area (Å²) in [7, 11) is -2.03. The first-order chi connectivity index (χ1) is 15.0. The fraction of sp³-hybridized carbons (Fsp3) is 0.538. The van der Waals surface area contributed by atoms with Crippen molar-refractivity contribution in [2.45, 2.75) is 57.2 Å². The zero-order chi connectivity index (χ0) is 23.5. The lowest BCUT2D eigenvalue weighted by Crippen LogP contribution is -2.41. The quantitative estimate of drug-likeness (QED) is 0.258. The van der Waals surface area contributed by atoms with E-state index in [-0.39, 0.29) is 24.9 Å². The highest BCUT2D eigenvalue weighted by atomic mass is 35.5. The van der Waals surface area contributed by atoms with E-state index in [4.69, 9.17) is 25.5 Å². The van der Waals surface area contributed by atoms with E-state index in [1.54, 1.807) is 0 Å². The van der Waals surface area contributed by atoms with Crippen LogP contribution in [0.15, 0.2) is 60.7 Å². The Morgan fingerprint density at radius 2 is 1.31 bits per heavy atom. The summed E-state index contributed by atoms with van der Waals surface area (Å²) in [6.45, 7) is 12.3. The molecule has 0 heterocycles. The Kier molecular flexibility index (Phi) is 7.88. The summed E-state index contributed by atoms with van der Waals surface area (Å²) in [5.74, 6) is -0.475. The van der Waals surface area contributed by atoms with Crippen molar-refractivity contribution in [1.82, 2.24) is 0 Å². The van der Waals surface area contributed by atoms with Gasteiger partial charge in [0.1, 0.15) is 0 Å². The zero-order valence-electron chi connectivity index (χ0n) is 19.9. The van der Waals surface area contributed by atoms with Gasteiger partial charge >= 0.3 is 0 Å². The monoisotopic (exact) mass is 478 g/mol. The van der Waals surface area contributed by atoms with Gasteiger partial charge in [0.25, 0.3) is 0 Å². The lowest BCUT2D eigenvalue weighted by molar-refractivity contribution is -0.00492. The average molecular weight is 479 g/mol. The predicted molar refractivity (Wildman–Crippen MR) is 131 cm³/mol. The molecule has 3 nitrogen and oxygen atoms in total. The van der Waals surface area contributed by atoms with Crippen molar-refractivity contribution in [1.29, 1.82) is 0 Å². The molecule has 32 heavy (non-hydrogen) atoms. The first-order valence-electron chi connectivity index (χ1n) is 11.2. The van der Waals surface area contributed by atoms with Crippen LogP contribution in [0.25, 0.3) is 0 Å². The molecule has 0 radical (unpaired) electrons. The van der Waals surface area contributed by atoms with Crippen molar-refractivity contribution in [3.05, 3.63) is 71.8 Å². The minimum atomic E-state index is -2.03. The van der Waals surface area contributed by atoms with Crippen molar-refractivity contribution in [3.8, 4) is 0 Å². The molecule has 1 aliphatic rings. The SMILES string of the molecule is CC(C)(C)[Si](C)(C)OCC1C(F)(Cl)C1(COCc1ccccc1)COCc1ccccc1. The maximum absolute atomic E-state index is 15.6. The predicted octanol–water partition coefficient (Wildman–Crippen LogP) is 6.96. The Morgan fingerprint density at radius 3 is 1.72 bits per heavy atom. The topological polar surface area (TPSA) is 27.7 Å². The van der Waals surface area contributed by atoms with Gasteiger partial charge in [-0.25, -0.2) is 4.39 Å². The largest absolute Gasteiger partial charge is 0.416 e. The zero-order valence-corrected chi connectivity index (χ0v) is 21.6. The second-order valence-corrected chi connectivity index (χ2v) is 15.7. The van der Waals surface area contributed by atoms with Crippen LogP contribution in [0.2, 0.25) is 18.1 Å². The van der Waals surface area contributed by atoms with Gasteiger partial charge in [-0.2, -0.15) is 0 Å². The van der Waals surface area contributed by atoms with Crippen molar-refractivity contribution in [3.63, 3.8) is 0 Å². The van der Waals surface area contributed by atoms with Crippen molar-refractivity contribution >= 4 is 19.9 Å². The van der Waals surface area contributed by atoms with E-state index in [1.807, 2.05) is 60.7 Å². The van der Waals surface area contributed by atoms with Gasteiger partial charge in [0.05, 0.1) is 31.8 Å². The minimum Gasteiger partial charge on any atom is -0.416 e. The molecule has 2 aromatic carbocycles. The standard InChI is InChI=1S/C26H36ClFO3Si/c1-24(2,3)32(4,5)31-18-23-25(26(23,27)28,19-29-16-21-12-8-6-9-13-21)20-30-17-22-14-10-7-11-15-22/h6-15,23H,16-20H2,1-5H3. The molecule has 176 valence electrons. The molecule has 0 saturated heterocycles. The molecule has 1 fully saturated rings. The summed E-state index contributed by atoms with van der Waals surface area (Å²) >= 11 is 6.45. The molecule has 0 spiro atoms. The summed E-state index contributed by atoms with van der Waals surface area (Å²) in [6, 6.07) is 19.7. The molecule has 6 heteroatoms. The molecule has 2 aromatic rings. The third-order valence-electron chi connectivity index (χ3n) is 7.04. The highest BCUT2D eigenvalue weighted by Gasteiger charge is 2.78. The van der Waals surface area contributed by atoms with Crippen LogP contribution >= 0.6 is 11.6 Å². The molecule has 0 aromatic heterocycles. The summed E-state index contributed by atoms with van der Waals surface area (Å²) in [5.41, 5.74) is 1.16. The Balaban J connectivity index is 1.67. The second-order valence-electron chi connectivity index (χ2n) is 10.4. The number of halogens is 2. The second kappa shape index (κ2) is 9.94. The Bertz CT molecular complexity index is 807. The summed E-state index contributed by atoms with van der Waals surface area (Å²) in [4.78, 5) is 0. The molecule has 1 saturated carbocycles. The molecule has 0 bridgehead atoms. The van der Waals surface area contributed by atoms with Crippen molar-refractivity contribution in [2.24, 2.45) is 11.3 Å². The van der Waals surface area contributed by atoms with Gasteiger partial charge in [0.15, 0.2) is 13.4 Å². The molecular weight excluding hydrogens is 443 g/mol. The van der Waals surface area contributed by atoms with E-state index in [0.717, 1.165) is 11.1 Å². The Hall–Kier alpha value is -1.24. The summed E-state index contributed by atoms with van der Waals surface area (Å²) in [5, 5.41) is -1.87. The smallest absolute Gasteiger partial charge is 0.199 e. The molecule has 1 aliphatic carbocycles. The van der Waals surface area contributed by atoms with E-state index in [2.05, 4.69) is 33.9 Å². The fourth-order valence-corrected chi connectivity index (χ4v) is 5.12. The number of rotatable bonds is 11. The van der Waals surface area contributed by atoms with Gasteiger partial charge in [0.2, 0.25) is 0 Å². The number of benzene rings is 2. The van der Waals surface area contributed by atoms with Gasteiger partial charge in [-0.15, -0.1) is 0 Å². The van der Waals surface area contributed by atoms with Crippen LogP contribution < -0.4 is 0 Å². The van der Waals surface area contributed by atoms with Gasteiger partial charge in [-0.3, -0.25) is 0 Å². The summed E-state index contributed by atoms with van der Waals surface area (Å²) < 4.78 is 33.9. The minimum absolute atomic E-state index is 0.0451. The van der Waals surface area contributed by atoms with E-state index >= 15 is 4.39 Å². The molecule has 2 unspecified atom stereocenters. The first-order valence-corrected chi connectivity index (χ1v) is 14.5. The maximum atomic E-state index is 15.6. The lowest BCUT2D eigenvalue weighted by Gasteiger charge is -2.36. The third kappa shape index (κ3) is 5.63. The maximum Gasteiger partial charge on any atom is 0.199 e. The van der Waals surface area contributed by atoms with Gasteiger partial charge in [0, 0.05) is 12.5 Å². The first kappa shape index (κ1) is 25.4. The van der Waals surface area contributed by atoms with Crippen LogP contribution in [0.5, 0.6) is 0 Å². The van der Waals surface area contributed by atoms with Gasteiger partial charge < -0.3 is 13.9 Å². The van der Waals surface area contributed by atoms with Crippen LogP contribution in [-0.4, -0.2) is 33.3 Å². The van der Waals surface area contributed by atoms with E-state index in [0.29, 0.717) is 13.2 Å². The van der Waals surface area contributed by atoms with Gasteiger partial charge in [-0.05, 0) is 29.3 Å². The van der Waals surface area contributed by atoms with Crippen LogP contribution in [0, 0.1) is 11.3 Å². The van der Waals surface area contributed by atoms with Gasteiger partial charge in [-0.1, -0.05) is 93.0 Å². The molecule has 0 aliphatic heterocycles. The van der Waals surface area contributed by atoms with Crippen LogP contribution in [0.3, 0.4) is 0 Å². The van der Waals surface area contributed by atoms with Crippen LogP contribution in [0.1, 0.15) is 31.9 Å². The average Bonchev–Trinajstić information content (AvgIpc) is 3.20. The van der Waals surface area contributed by atoms with E-state index in [1.165, 1.54) is 0 Å². The number of alkyl halides is 2.